The molecule has 0 unspecified atom stereocenters. The van der Waals surface area contributed by atoms with E-state index >= 15 is 0 Å². The lowest BCUT2D eigenvalue weighted by atomic mass is 10.6. The Morgan fingerprint density at radius 3 is 2.38 bits per heavy atom. The van der Waals surface area contributed by atoms with Crippen molar-refractivity contribution in [2.24, 2.45) is 0 Å². The molecule has 0 aromatic heterocycles. The smallest absolute Gasteiger partial charge is 0.257 e. The Bertz CT molecular complexity index is 257. The second-order valence-electron chi connectivity index (χ2n) is 3.60. The topological polar surface area (TPSA) is 43.4 Å². The third-order valence-electron chi connectivity index (χ3n) is 1.44. The molecule has 0 aromatic carbocycles. The largest absolute Gasteiger partial charge is 0.315 e. The van der Waals surface area contributed by atoms with E-state index in [2.05, 4.69) is 6.58 Å². The fraction of sp³-hybridized carbons (Fsp3) is 0.750. The second kappa shape index (κ2) is 4.93. The van der Waals surface area contributed by atoms with Gasteiger partial charge in [0.25, 0.3) is 10.1 Å². The summed E-state index contributed by atoms with van der Waals surface area (Å²) in [4.78, 5) is 0. The normalized spacial score (nSPS) is 12.8. The molecule has 3 nitrogen and oxygen atoms in total. The van der Waals surface area contributed by atoms with E-state index in [1.165, 1.54) is 0 Å². The summed E-state index contributed by atoms with van der Waals surface area (Å²) < 4.78 is 27.7. The van der Waals surface area contributed by atoms with Gasteiger partial charge in [-0.15, -0.1) is 6.58 Å². The van der Waals surface area contributed by atoms with Crippen LogP contribution in [-0.2, 0) is 14.0 Å². The van der Waals surface area contributed by atoms with Crippen LogP contribution in [0.25, 0.3) is 0 Å². The van der Waals surface area contributed by atoms with Crippen molar-refractivity contribution in [2.75, 3.05) is 5.75 Å². The molecule has 0 aliphatic rings. The van der Waals surface area contributed by atoms with Crippen LogP contribution >= 0.6 is 0 Å². The highest BCUT2D eigenvalue weighted by atomic mass is 32.2. The van der Waals surface area contributed by atoms with Crippen molar-refractivity contribution in [3.8, 4) is 0 Å². The Kier molecular flexibility index (Phi) is 4.88. The molecule has 0 amide bonds. The first-order chi connectivity index (χ1) is 5.83. The van der Waals surface area contributed by atoms with E-state index in [-0.39, 0.29) is 5.75 Å². The summed E-state index contributed by atoms with van der Waals surface area (Å²) in [7, 11) is -5.38. The van der Waals surface area contributed by atoms with Crippen LogP contribution in [-0.4, -0.2) is 22.5 Å². The van der Waals surface area contributed by atoms with Crippen LogP contribution in [0.3, 0.4) is 0 Å². The van der Waals surface area contributed by atoms with Crippen LogP contribution in [0.2, 0.25) is 19.1 Å². The van der Waals surface area contributed by atoms with Crippen LogP contribution < -0.4 is 0 Å². The summed E-state index contributed by atoms with van der Waals surface area (Å²) in [6.07, 6.45) is 2.31. The van der Waals surface area contributed by atoms with Gasteiger partial charge in [-0.05, 0) is 25.6 Å². The molecule has 5 heteroatoms. The minimum atomic E-state index is -3.30. The summed E-state index contributed by atoms with van der Waals surface area (Å²) >= 11 is 0. The molecule has 0 saturated heterocycles. The van der Waals surface area contributed by atoms with E-state index in [1.807, 2.05) is 20.0 Å². The van der Waals surface area contributed by atoms with Crippen molar-refractivity contribution >= 4 is 18.4 Å². The van der Waals surface area contributed by atoms with Gasteiger partial charge < -0.3 is 3.87 Å². The predicted molar refractivity (Wildman–Crippen MR) is 57.6 cm³/mol. The highest BCUT2D eigenvalue weighted by Gasteiger charge is 2.27. The quantitative estimate of drug-likeness (QED) is 0.511. The molecule has 0 N–H and O–H groups in total. The summed E-state index contributed by atoms with van der Waals surface area (Å²) in [6, 6.07) is 0.663. The third-order valence-corrected chi connectivity index (χ3v) is 6.44. The summed E-state index contributed by atoms with van der Waals surface area (Å²) in [5.41, 5.74) is 0. The lowest BCUT2D eigenvalue weighted by Crippen LogP contribution is -2.33. The molecule has 0 radical (unpaired) electrons. The zero-order valence-corrected chi connectivity index (χ0v) is 10.4. The molecule has 0 aromatic rings. The Morgan fingerprint density at radius 1 is 1.46 bits per heavy atom. The first kappa shape index (κ1) is 12.9. The van der Waals surface area contributed by atoms with E-state index in [0.29, 0.717) is 12.5 Å². The van der Waals surface area contributed by atoms with Gasteiger partial charge in [0.1, 0.15) is 0 Å². The minimum Gasteiger partial charge on any atom is -0.315 e. The molecule has 78 valence electrons. The monoisotopic (exact) mass is 222 g/mol. The van der Waals surface area contributed by atoms with E-state index in [1.54, 1.807) is 6.08 Å². The van der Waals surface area contributed by atoms with Crippen molar-refractivity contribution in [3.05, 3.63) is 12.7 Å². The van der Waals surface area contributed by atoms with Crippen molar-refractivity contribution in [1.29, 1.82) is 0 Å². The highest BCUT2D eigenvalue weighted by molar-refractivity contribution is 7.87. The number of rotatable bonds is 6. The van der Waals surface area contributed by atoms with Gasteiger partial charge in [-0.3, -0.25) is 0 Å². The summed E-state index contributed by atoms with van der Waals surface area (Å²) in [5, 5.41) is 0. The number of allylic oxidation sites excluding steroid dienone is 1. The van der Waals surface area contributed by atoms with Gasteiger partial charge in [0, 0.05) is 0 Å². The molecule has 0 rings (SSSR count). The molecule has 0 bridgehead atoms. The van der Waals surface area contributed by atoms with E-state index in [0.717, 1.165) is 0 Å². The molecule has 0 spiro atoms. The maximum absolute atomic E-state index is 11.3. The lowest BCUT2D eigenvalue weighted by Gasteiger charge is -2.19. The maximum Gasteiger partial charge on any atom is 0.257 e. The summed E-state index contributed by atoms with van der Waals surface area (Å²) in [6.45, 7) is 9.16. The van der Waals surface area contributed by atoms with E-state index < -0.39 is 18.4 Å². The van der Waals surface area contributed by atoms with Crippen LogP contribution in [0.15, 0.2) is 12.7 Å². The highest BCUT2D eigenvalue weighted by Crippen LogP contribution is 2.15. The van der Waals surface area contributed by atoms with Crippen molar-refractivity contribution in [1.82, 2.24) is 0 Å². The lowest BCUT2D eigenvalue weighted by molar-refractivity contribution is 0.482. The van der Waals surface area contributed by atoms with Gasteiger partial charge in [0.2, 0.25) is 8.32 Å². The molecular weight excluding hydrogens is 204 g/mol. The Morgan fingerprint density at radius 2 is 2.00 bits per heavy atom. The fourth-order valence-electron chi connectivity index (χ4n) is 1.02. The zero-order chi connectivity index (χ0) is 10.5. The summed E-state index contributed by atoms with van der Waals surface area (Å²) in [5.74, 6) is 0.112. The molecule has 0 heterocycles. The SMILES string of the molecule is C=CC[Si](C)(C)OS(=O)(=O)CCC. The number of hydrogen-bond donors (Lipinski definition) is 0. The van der Waals surface area contributed by atoms with Gasteiger partial charge in [0.15, 0.2) is 0 Å². The van der Waals surface area contributed by atoms with Gasteiger partial charge in [-0.1, -0.05) is 13.0 Å². The Hall–Kier alpha value is -0.133. The molecule has 0 saturated carbocycles. The average Bonchev–Trinajstić information content (AvgIpc) is 1.82. The Labute approximate surface area is 82.1 Å². The molecule has 0 atom stereocenters. The average molecular weight is 222 g/mol. The first-order valence-corrected chi connectivity index (χ1v) is 9.06. The van der Waals surface area contributed by atoms with Crippen LogP contribution in [0.5, 0.6) is 0 Å². The maximum atomic E-state index is 11.3. The van der Waals surface area contributed by atoms with E-state index in [4.69, 9.17) is 3.87 Å². The van der Waals surface area contributed by atoms with Crippen molar-refractivity contribution < 1.29 is 12.3 Å². The van der Waals surface area contributed by atoms with Crippen LogP contribution in [0.1, 0.15) is 13.3 Å². The van der Waals surface area contributed by atoms with Gasteiger partial charge in [-0.25, -0.2) is 8.42 Å². The fourth-order valence-corrected chi connectivity index (χ4v) is 5.57. The van der Waals surface area contributed by atoms with Crippen molar-refractivity contribution in [3.63, 3.8) is 0 Å². The van der Waals surface area contributed by atoms with Crippen molar-refractivity contribution in [2.45, 2.75) is 32.5 Å². The van der Waals surface area contributed by atoms with Gasteiger partial charge in [-0.2, -0.15) is 0 Å². The molecule has 13 heavy (non-hydrogen) atoms. The third kappa shape index (κ3) is 6.01. The van der Waals surface area contributed by atoms with Crippen LogP contribution in [0.4, 0.5) is 0 Å². The van der Waals surface area contributed by atoms with Crippen LogP contribution in [0, 0.1) is 0 Å². The molecular formula is C8H18O3SSi. The van der Waals surface area contributed by atoms with Gasteiger partial charge >= 0.3 is 0 Å². The second-order valence-corrected chi connectivity index (χ2v) is 9.72. The van der Waals surface area contributed by atoms with Gasteiger partial charge in [0.05, 0.1) is 5.75 Å². The molecule has 0 aliphatic carbocycles. The predicted octanol–water partition coefficient (Wildman–Crippen LogP) is 2.13. The first-order valence-electron chi connectivity index (χ1n) is 4.37. The molecule has 0 aliphatic heterocycles. The standard InChI is InChI=1S/C8H18O3SSi/c1-5-7-12(9,10)11-13(3,4)8-6-2/h6H,2,5,7-8H2,1,3-4H3. The van der Waals surface area contributed by atoms with E-state index in [9.17, 15) is 8.42 Å². The zero-order valence-electron chi connectivity index (χ0n) is 8.54. The minimum absolute atomic E-state index is 0.112. The Balaban J connectivity index is 4.33. The number of hydrogen-bond acceptors (Lipinski definition) is 3. The molecule has 0 fully saturated rings.